The van der Waals surface area contributed by atoms with Gasteiger partial charge >= 0.3 is 0 Å². The zero-order chi connectivity index (χ0) is 13.9. The van der Waals surface area contributed by atoms with E-state index in [4.69, 9.17) is 4.74 Å². The van der Waals surface area contributed by atoms with Crippen molar-refractivity contribution in [2.24, 2.45) is 0 Å². The molecule has 0 radical (unpaired) electrons. The lowest BCUT2D eigenvalue weighted by atomic mass is 9.98. The molecule has 1 aromatic heterocycles. The zero-order valence-corrected chi connectivity index (χ0v) is 12.9. The van der Waals surface area contributed by atoms with Gasteiger partial charge in [0.15, 0.2) is 0 Å². The first-order valence-electron chi connectivity index (χ1n) is 7.38. The van der Waals surface area contributed by atoms with Crippen LogP contribution in [0.25, 0.3) is 0 Å². The molecule has 0 saturated heterocycles. The maximum absolute atomic E-state index is 5.61. The Labute approximate surface area is 124 Å². The van der Waals surface area contributed by atoms with Crippen LogP contribution in [0.4, 0.5) is 0 Å². The fourth-order valence-electron chi connectivity index (χ4n) is 2.84. The summed E-state index contributed by atoms with van der Waals surface area (Å²) in [5, 5.41) is 5.84. The van der Waals surface area contributed by atoms with E-state index < -0.39 is 0 Å². The van der Waals surface area contributed by atoms with Crippen LogP contribution in [0.15, 0.2) is 29.6 Å². The lowest BCUT2D eigenvalue weighted by Gasteiger charge is -2.19. The zero-order valence-electron chi connectivity index (χ0n) is 12.1. The minimum Gasteiger partial charge on any atom is -0.493 e. The van der Waals surface area contributed by atoms with E-state index in [0.29, 0.717) is 6.04 Å². The van der Waals surface area contributed by atoms with E-state index in [2.05, 4.69) is 48.8 Å². The minimum absolute atomic E-state index is 0.306. The Morgan fingerprint density at radius 2 is 2.20 bits per heavy atom. The molecular weight excluding hydrogens is 266 g/mol. The van der Waals surface area contributed by atoms with Crippen molar-refractivity contribution < 1.29 is 4.74 Å². The maximum atomic E-state index is 5.61. The fourth-order valence-corrected chi connectivity index (χ4v) is 3.94. The molecule has 1 atom stereocenters. The van der Waals surface area contributed by atoms with Gasteiger partial charge in [-0.3, -0.25) is 0 Å². The van der Waals surface area contributed by atoms with Crippen LogP contribution in [0.2, 0.25) is 0 Å². The van der Waals surface area contributed by atoms with Crippen molar-refractivity contribution in [2.75, 3.05) is 13.2 Å². The van der Waals surface area contributed by atoms with Gasteiger partial charge in [0.2, 0.25) is 0 Å². The van der Waals surface area contributed by atoms with Crippen molar-refractivity contribution >= 4 is 11.3 Å². The number of rotatable bonds is 5. The highest BCUT2D eigenvalue weighted by molar-refractivity contribution is 7.10. The topological polar surface area (TPSA) is 21.3 Å². The first kappa shape index (κ1) is 13.7. The third kappa shape index (κ3) is 2.48. The van der Waals surface area contributed by atoms with Gasteiger partial charge in [-0.15, -0.1) is 11.3 Å². The smallest absolute Gasteiger partial charge is 0.122 e. The minimum atomic E-state index is 0.306. The largest absolute Gasteiger partial charge is 0.493 e. The van der Waals surface area contributed by atoms with E-state index in [1.54, 1.807) is 0 Å². The standard InChI is InChI=1S/C17H21NOS/c1-3-12-8-10-20-17(12)16(18-4-2)14-5-6-15-13(11-14)7-9-19-15/h5-6,8,10-11,16,18H,3-4,7,9H2,1-2H3. The Bertz CT molecular complexity index is 590. The van der Waals surface area contributed by atoms with E-state index in [-0.39, 0.29) is 0 Å². The molecule has 1 aliphatic rings. The monoisotopic (exact) mass is 287 g/mol. The Kier molecular flexibility index (Phi) is 4.08. The first-order chi connectivity index (χ1) is 9.83. The summed E-state index contributed by atoms with van der Waals surface area (Å²) in [4.78, 5) is 1.45. The number of ether oxygens (including phenoxy) is 1. The van der Waals surface area contributed by atoms with Crippen LogP contribution in [-0.4, -0.2) is 13.2 Å². The normalized spacial score (nSPS) is 14.9. The second-order valence-corrected chi connectivity index (χ2v) is 6.07. The van der Waals surface area contributed by atoms with Gasteiger partial charge in [-0.25, -0.2) is 0 Å². The second-order valence-electron chi connectivity index (χ2n) is 5.12. The van der Waals surface area contributed by atoms with E-state index in [1.807, 2.05) is 11.3 Å². The van der Waals surface area contributed by atoms with E-state index >= 15 is 0 Å². The summed E-state index contributed by atoms with van der Waals surface area (Å²) in [7, 11) is 0. The van der Waals surface area contributed by atoms with Gasteiger partial charge in [-0.1, -0.05) is 26.0 Å². The fraction of sp³-hybridized carbons (Fsp3) is 0.412. The van der Waals surface area contributed by atoms with Gasteiger partial charge in [0.1, 0.15) is 5.75 Å². The van der Waals surface area contributed by atoms with Crippen molar-refractivity contribution in [3.8, 4) is 5.75 Å². The summed E-state index contributed by atoms with van der Waals surface area (Å²) in [6.45, 7) is 6.19. The van der Waals surface area contributed by atoms with E-state index in [9.17, 15) is 0 Å². The first-order valence-corrected chi connectivity index (χ1v) is 8.26. The molecule has 0 fully saturated rings. The summed E-state index contributed by atoms with van der Waals surface area (Å²) >= 11 is 1.86. The third-order valence-corrected chi connectivity index (χ3v) is 4.90. The molecule has 1 unspecified atom stereocenters. The average Bonchev–Trinajstić information content (AvgIpc) is 3.12. The summed E-state index contributed by atoms with van der Waals surface area (Å²) < 4.78 is 5.61. The molecule has 2 heterocycles. The lowest BCUT2D eigenvalue weighted by molar-refractivity contribution is 0.357. The van der Waals surface area contributed by atoms with Crippen LogP contribution >= 0.6 is 11.3 Å². The van der Waals surface area contributed by atoms with E-state index in [0.717, 1.165) is 31.7 Å². The Balaban J connectivity index is 1.98. The molecule has 0 spiro atoms. The highest BCUT2D eigenvalue weighted by atomic mass is 32.1. The van der Waals surface area contributed by atoms with Gasteiger partial charge in [0, 0.05) is 11.3 Å². The quantitative estimate of drug-likeness (QED) is 0.899. The third-order valence-electron chi connectivity index (χ3n) is 3.88. The number of fused-ring (bicyclic) bond motifs is 1. The molecule has 106 valence electrons. The molecule has 0 saturated carbocycles. The molecule has 1 aliphatic heterocycles. The number of benzene rings is 1. The predicted molar refractivity (Wildman–Crippen MR) is 84.9 cm³/mol. The Morgan fingerprint density at radius 3 is 3.00 bits per heavy atom. The number of thiophene rings is 1. The molecule has 2 nitrogen and oxygen atoms in total. The molecule has 0 bridgehead atoms. The second kappa shape index (κ2) is 5.98. The van der Waals surface area contributed by atoms with Crippen LogP contribution in [-0.2, 0) is 12.8 Å². The van der Waals surface area contributed by atoms with Gasteiger partial charge in [-0.2, -0.15) is 0 Å². The molecule has 1 N–H and O–H groups in total. The van der Waals surface area contributed by atoms with Gasteiger partial charge < -0.3 is 10.1 Å². The molecule has 3 heteroatoms. The summed E-state index contributed by atoms with van der Waals surface area (Å²) in [5.74, 6) is 1.06. The Hall–Kier alpha value is -1.32. The summed E-state index contributed by atoms with van der Waals surface area (Å²) in [6.07, 6.45) is 2.13. The molecule has 0 amide bonds. The molecular formula is C17H21NOS. The van der Waals surface area contributed by atoms with Crippen molar-refractivity contribution in [3.63, 3.8) is 0 Å². The van der Waals surface area contributed by atoms with Crippen LogP contribution in [0.5, 0.6) is 5.75 Å². The average molecular weight is 287 g/mol. The molecule has 3 rings (SSSR count). The summed E-state index contributed by atoms with van der Waals surface area (Å²) in [5.41, 5.74) is 4.16. The Morgan fingerprint density at radius 1 is 1.30 bits per heavy atom. The maximum Gasteiger partial charge on any atom is 0.122 e. The lowest BCUT2D eigenvalue weighted by Crippen LogP contribution is -2.22. The summed E-state index contributed by atoms with van der Waals surface area (Å²) in [6, 6.07) is 9.20. The van der Waals surface area contributed by atoms with Crippen molar-refractivity contribution in [2.45, 2.75) is 32.7 Å². The van der Waals surface area contributed by atoms with Gasteiger partial charge in [-0.05, 0) is 47.2 Å². The molecule has 20 heavy (non-hydrogen) atoms. The highest BCUT2D eigenvalue weighted by Crippen LogP contribution is 2.34. The van der Waals surface area contributed by atoms with Crippen molar-refractivity contribution in [3.05, 3.63) is 51.2 Å². The van der Waals surface area contributed by atoms with Gasteiger partial charge in [0.25, 0.3) is 0 Å². The van der Waals surface area contributed by atoms with Crippen molar-refractivity contribution in [1.82, 2.24) is 5.32 Å². The number of nitrogens with one attached hydrogen (secondary N) is 1. The molecule has 0 aliphatic carbocycles. The number of hydrogen-bond acceptors (Lipinski definition) is 3. The van der Waals surface area contributed by atoms with Crippen LogP contribution < -0.4 is 10.1 Å². The van der Waals surface area contributed by atoms with Crippen molar-refractivity contribution in [1.29, 1.82) is 0 Å². The van der Waals surface area contributed by atoms with Gasteiger partial charge in [0.05, 0.1) is 12.6 Å². The van der Waals surface area contributed by atoms with E-state index in [1.165, 1.54) is 21.6 Å². The highest BCUT2D eigenvalue weighted by Gasteiger charge is 2.20. The SMILES string of the molecule is CCNC(c1ccc2c(c1)CCO2)c1sccc1CC. The number of aryl methyl sites for hydroxylation is 1. The van der Waals surface area contributed by atoms with Crippen LogP contribution in [0.3, 0.4) is 0 Å². The molecule has 1 aromatic carbocycles. The van der Waals surface area contributed by atoms with Crippen LogP contribution in [0.1, 0.15) is 41.5 Å². The predicted octanol–water partition coefficient (Wildman–Crippen LogP) is 3.94. The molecule has 2 aromatic rings. The van der Waals surface area contributed by atoms with Crippen LogP contribution in [0, 0.1) is 0 Å². The number of hydrogen-bond donors (Lipinski definition) is 1.